The smallest absolute Gasteiger partial charge is 0.345 e. The van der Waals surface area contributed by atoms with Crippen LogP contribution in [-0.2, 0) is 9.53 Å². The number of esters is 1. The quantitative estimate of drug-likeness (QED) is 0.356. The van der Waals surface area contributed by atoms with Gasteiger partial charge in [0.25, 0.3) is 0 Å². The van der Waals surface area contributed by atoms with Crippen molar-refractivity contribution >= 4 is 23.8 Å². The molecule has 0 aliphatic heterocycles. The Morgan fingerprint density at radius 3 is 2.04 bits per heavy atom. The largest absolute Gasteiger partial charge is 0.463 e. The molecule has 0 radical (unpaired) electrons. The fraction of sp³-hybridized carbons (Fsp3) is 0.208. The van der Waals surface area contributed by atoms with Crippen LogP contribution in [0.25, 0.3) is 0 Å². The molecule has 0 aliphatic carbocycles. The number of carbonyl (C=O) groups excluding carboxylic acids is 1. The lowest BCUT2D eigenvalue weighted by atomic mass is 10.2. The van der Waals surface area contributed by atoms with E-state index in [4.69, 9.17) is 4.74 Å². The molecule has 0 unspecified atom stereocenters. The van der Waals surface area contributed by atoms with Crippen LogP contribution in [0.1, 0.15) is 20.8 Å². The van der Waals surface area contributed by atoms with E-state index in [2.05, 4.69) is 55.2 Å². The first-order valence-electron chi connectivity index (χ1n) is 9.26. The Bertz CT molecular complexity index is 765. The second-order valence-electron chi connectivity index (χ2n) is 6.26. The van der Waals surface area contributed by atoms with Crippen molar-refractivity contribution in [1.29, 1.82) is 0 Å². The lowest BCUT2D eigenvalue weighted by molar-refractivity contribution is -0.139. The summed E-state index contributed by atoms with van der Waals surface area (Å²) < 4.78 is 5.33. The third kappa shape index (κ3) is 5.77. The zero-order valence-corrected chi connectivity index (χ0v) is 17.2. The highest BCUT2D eigenvalue weighted by Crippen LogP contribution is 2.58. The van der Waals surface area contributed by atoms with E-state index in [0.717, 1.165) is 0 Å². The van der Waals surface area contributed by atoms with Crippen LogP contribution in [0.3, 0.4) is 0 Å². The van der Waals surface area contributed by atoms with Gasteiger partial charge in [-0.1, -0.05) is 60.2 Å². The number of carbonyl (C=O) groups is 1. The van der Waals surface area contributed by atoms with Crippen LogP contribution >= 0.6 is 7.26 Å². The summed E-state index contributed by atoms with van der Waals surface area (Å²) in [5.41, 5.74) is 1.17. The SMILES string of the molecule is C\C=C/C(C)=C\C=C\[P+](CC(=O)OCC)(c1ccccc1)c1ccccc1. The molecule has 2 nitrogen and oxygen atoms in total. The summed E-state index contributed by atoms with van der Waals surface area (Å²) in [6.45, 7) is 6.32. The summed E-state index contributed by atoms with van der Waals surface area (Å²) >= 11 is 0. The topological polar surface area (TPSA) is 26.3 Å². The highest BCUT2D eigenvalue weighted by Gasteiger charge is 2.43. The molecule has 0 N–H and O–H groups in total. The second kappa shape index (κ2) is 10.6. The normalized spacial score (nSPS) is 12.6. The minimum atomic E-state index is -2.09. The molecule has 2 rings (SSSR count). The summed E-state index contributed by atoms with van der Waals surface area (Å²) in [4.78, 5) is 12.5. The lowest BCUT2D eigenvalue weighted by Crippen LogP contribution is -2.27. The minimum Gasteiger partial charge on any atom is -0.463 e. The molecule has 0 amide bonds. The minimum absolute atomic E-state index is 0.155. The van der Waals surface area contributed by atoms with Gasteiger partial charge in [0.2, 0.25) is 0 Å². The molecule has 0 fully saturated rings. The maximum absolute atomic E-state index is 12.5. The molecule has 2 aromatic rings. The van der Waals surface area contributed by atoms with Gasteiger partial charge in [-0.05, 0) is 51.1 Å². The predicted octanol–water partition coefficient (Wildman–Crippen LogP) is 5.25. The van der Waals surface area contributed by atoms with Crippen LogP contribution in [-0.4, -0.2) is 18.7 Å². The Hall–Kier alpha value is -2.44. The van der Waals surface area contributed by atoms with Crippen molar-refractivity contribution in [2.75, 3.05) is 12.8 Å². The number of ether oxygens (including phenoxy) is 1. The standard InChI is InChI=1S/C24H28O2P/c1-4-13-21(3)14-12-19-27(20-24(25)26-5-2,22-15-8-6-9-16-22)23-17-10-7-11-18-23/h4,6-19H,5,20H2,1-3H3/q+1/b13-4-,19-12+,21-14-. The molecule has 140 valence electrons. The average Bonchev–Trinajstić information content (AvgIpc) is 2.69. The number of hydrogen-bond acceptors (Lipinski definition) is 2. The van der Waals surface area contributed by atoms with Gasteiger partial charge in [-0.2, -0.15) is 0 Å². The zero-order valence-electron chi connectivity index (χ0n) is 16.3. The molecule has 0 aliphatic rings. The Labute approximate surface area is 163 Å². The predicted molar refractivity (Wildman–Crippen MR) is 118 cm³/mol. The van der Waals surface area contributed by atoms with Crippen molar-refractivity contribution < 1.29 is 9.53 Å². The molecular formula is C24H28O2P+. The van der Waals surface area contributed by atoms with Crippen molar-refractivity contribution in [2.45, 2.75) is 20.8 Å². The van der Waals surface area contributed by atoms with E-state index in [1.807, 2.05) is 56.3 Å². The maximum atomic E-state index is 12.5. The highest BCUT2D eigenvalue weighted by atomic mass is 31.2. The van der Waals surface area contributed by atoms with Crippen molar-refractivity contribution in [3.05, 3.63) is 96.4 Å². The van der Waals surface area contributed by atoms with Crippen LogP contribution in [0.4, 0.5) is 0 Å². The van der Waals surface area contributed by atoms with Crippen LogP contribution in [0.2, 0.25) is 0 Å². The van der Waals surface area contributed by atoms with Gasteiger partial charge in [0.1, 0.15) is 17.9 Å². The number of benzene rings is 2. The molecule has 3 heteroatoms. The molecule has 27 heavy (non-hydrogen) atoms. The van der Waals surface area contributed by atoms with E-state index < -0.39 is 7.26 Å². The zero-order chi connectivity index (χ0) is 19.5. The van der Waals surface area contributed by atoms with Crippen LogP contribution in [0.15, 0.2) is 96.4 Å². The molecule has 2 aromatic carbocycles. The number of rotatable bonds is 8. The van der Waals surface area contributed by atoms with Gasteiger partial charge >= 0.3 is 5.97 Å². The number of hydrogen-bond donors (Lipinski definition) is 0. The van der Waals surface area contributed by atoms with E-state index in [9.17, 15) is 4.79 Å². The highest BCUT2D eigenvalue weighted by molar-refractivity contribution is 7.92. The summed E-state index contributed by atoms with van der Waals surface area (Å²) in [6, 6.07) is 20.6. The van der Waals surface area contributed by atoms with Gasteiger partial charge in [-0.3, -0.25) is 0 Å². The second-order valence-corrected chi connectivity index (χ2v) is 9.64. The van der Waals surface area contributed by atoms with Gasteiger partial charge in [-0.15, -0.1) is 0 Å². The Kier molecular flexibility index (Phi) is 8.23. The molecule has 0 aromatic heterocycles. The summed E-state index contributed by atoms with van der Waals surface area (Å²) in [5.74, 6) is 2.07. The van der Waals surface area contributed by atoms with Gasteiger partial charge in [0, 0.05) is 0 Å². The first-order chi connectivity index (χ1) is 13.1. The Morgan fingerprint density at radius 2 is 1.56 bits per heavy atom. The molecule has 0 heterocycles. The molecule has 0 atom stereocenters. The third-order valence-electron chi connectivity index (χ3n) is 4.25. The van der Waals surface area contributed by atoms with Gasteiger partial charge in [0.15, 0.2) is 6.16 Å². The molecule has 0 saturated carbocycles. The maximum Gasteiger partial charge on any atom is 0.345 e. The van der Waals surface area contributed by atoms with E-state index in [1.54, 1.807) is 0 Å². The summed E-state index contributed by atoms with van der Waals surface area (Å²) in [6.07, 6.45) is 8.63. The van der Waals surface area contributed by atoms with Crippen molar-refractivity contribution in [2.24, 2.45) is 0 Å². The monoisotopic (exact) mass is 379 g/mol. The first-order valence-corrected chi connectivity index (χ1v) is 11.3. The molecule has 0 saturated heterocycles. The van der Waals surface area contributed by atoms with Crippen molar-refractivity contribution in [1.82, 2.24) is 0 Å². The molecule has 0 spiro atoms. The lowest BCUT2D eigenvalue weighted by Gasteiger charge is -2.23. The molecular weight excluding hydrogens is 351 g/mol. The Morgan fingerprint density at radius 1 is 1.00 bits per heavy atom. The van der Waals surface area contributed by atoms with Crippen LogP contribution in [0.5, 0.6) is 0 Å². The fourth-order valence-electron chi connectivity index (χ4n) is 3.01. The van der Waals surface area contributed by atoms with Crippen molar-refractivity contribution in [3.8, 4) is 0 Å². The third-order valence-corrected chi connectivity index (χ3v) is 8.12. The summed E-state index contributed by atoms with van der Waals surface area (Å²) in [5, 5.41) is 2.36. The van der Waals surface area contributed by atoms with E-state index >= 15 is 0 Å². The number of allylic oxidation sites excluding steroid dienone is 5. The van der Waals surface area contributed by atoms with Crippen molar-refractivity contribution in [3.63, 3.8) is 0 Å². The van der Waals surface area contributed by atoms with Crippen LogP contribution < -0.4 is 10.6 Å². The van der Waals surface area contributed by atoms with Gasteiger partial charge < -0.3 is 4.74 Å². The summed E-state index contributed by atoms with van der Waals surface area (Å²) in [7, 11) is -2.09. The Balaban J connectivity index is 2.60. The van der Waals surface area contributed by atoms with Gasteiger partial charge in [-0.25, -0.2) is 4.79 Å². The van der Waals surface area contributed by atoms with E-state index in [-0.39, 0.29) is 5.97 Å². The first kappa shape index (κ1) is 20.9. The molecule has 0 bridgehead atoms. The van der Waals surface area contributed by atoms with E-state index in [1.165, 1.54) is 16.2 Å². The fourth-order valence-corrected chi connectivity index (χ4v) is 6.41. The van der Waals surface area contributed by atoms with Gasteiger partial charge in [0.05, 0.1) is 12.4 Å². The van der Waals surface area contributed by atoms with E-state index in [0.29, 0.717) is 12.8 Å². The van der Waals surface area contributed by atoms with Crippen LogP contribution in [0, 0.1) is 0 Å². The average molecular weight is 379 g/mol.